The fraction of sp³-hybridized carbons (Fsp3) is 0.174. The molecule has 4 aromatic rings. The lowest BCUT2D eigenvalue weighted by Gasteiger charge is -2.18. The van der Waals surface area contributed by atoms with Gasteiger partial charge in [-0.3, -0.25) is 19.6 Å². The molecule has 31 heavy (non-hydrogen) atoms. The zero-order valence-electron chi connectivity index (χ0n) is 17.0. The quantitative estimate of drug-likeness (QED) is 0.478. The minimum absolute atomic E-state index is 0.134. The zero-order valence-corrected chi connectivity index (χ0v) is 17.0. The largest absolute Gasteiger partial charge is 0.345 e. The molecule has 1 atom stereocenters. The molecule has 0 aliphatic carbocycles. The topological polar surface area (TPSA) is 89.8 Å². The summed E-state index contributed by atoms with van der Waals surface area (Å²) in [6, 6.07) is 9.10. The highest BCUT2D eigenvalue weighted by atomic mass is 19.1. The number of pyridine rings is 2. The molecule has 156 valence electrons. The van der Waals surface area contributed by atoms with Crippen molar-refractivity contribution in [2.75, 3.05) is 0 Å². The summed E-state index contributed by atoms with van der Waals surface area (Å²) < 4.78 is 14.9. The Kier molecular flexibility index (Phi) is 5.53. The van der Waals surface area contributed by atoms with Crippen molar-refractivity contribution in [1.82, 2.24) is 25.1 Å². The summed E-state index contributed by atoms with van der Waals surface area (Å²) in [5.41, 5.74) is 2.84. The van der Waals surface area contributed by atoms with Gasteiger partial charge in [0, 0.05) is 24.7 Å². The Hall–Kier alpha value is -3.94. The second-order valence-electron chi connectivity index (χ2n) is 7.12. The van der Waals surface area contributed by atoms with Crippen LogP contribution >= 0.6 is 0 Å². The Morgan fingerprint density at radius 3 is 2.61 bits per heavy atom. The van der Waals surface area contributed by atoms with Gasteiger partial charge < -0.3 is 5.32 Å². The van der Waals surface area contributed by atoms with E-state index >= 15 is 0 Å². The first-order valence-electron chi connectivity index (χ1n) is 9.83. The molecule has 1 unspecified atom stereocenters. The second-order valence-corrected chi connectivity index (χ2v) is 7.12. The van der Waals surface area contributed by atoms with Crippen LogP contribution in [0.5, 0.6) is 0 Å². The molecule has 8 heteroatoms. The highest BCUT2D eigenvalue weighted by Gasteiger charge is 2.19. The van der Waals surface area contributed by atoms with E-state index in [-0.39, 0.29) is 23.5 Å². The number of nitrogens with zero attached hydrogens (tertiary/aromatic N) is 4. The third-order valence-electron chi connectivity index (χ3n) is 5.07. The molecule has 0 aliphatic heterocycles. The fourth-order valence-electron chi connectivity index (χ4n) is 3.42. The van der Waals surface area contributed by atoms with Crippen LogP contribution < -0.4 is 5.32 Å². The summed E-state index contributed by atoms with van der Waals surface area (Å²) in [4.78, 5) is 33.0. The molecule has 0 fully saturated rings. The molecule has 3 heterocycles. The molecule has 0 saturated carbocycles. The van der Waals surface area contributed by atoms with Crippen LogP contribution in [0.2, 0.25) is 0 Å². The van der Waals surface area contributed by atoms with E-state index in [2.05, 4.69) is 20.4 Å². The normalized spacial score (nSPS) is 12.0. The average Bonchev–Trinajstić information content (AvgIpc) is 3.22. The Balaban J connectivity index is 1.65. The molecule has 0 saturated heterocycles. The van der Waals surface area contributed by atoms with Crippen molar-refractivity contribution in [3.05, 3.63) is 83.8 Å². The van der Waals surface area contributed by atoms with E-state index in [1.807, 2.05) is 6.92 Å². The van der Waals surface area contributed by atoms with Crippen molar-refractivity contribution in [2.24, 2.45) is 0 Å². The van der Waals surface area contributed by atoms with Gasteiger partial charge in [0.2, 0.25) is 0 Å². The summed E-state index contributed by atoms with van der Waals surface area (Å²) in [5.74, 6) is -0.775. The number of aromatic nitrogens is 4. The number of Topliss-reactive ketones (excluding diaryl/α,β-unsaturated/α-hetero) is 1. The Morgan fingerprint density at radius 2 is 1.90 bits per heavy atom. The number of halogens is 1. The highest BCUT2D eigenvalue weighted by Crippen LogP contribution is 2.23. The number of carbonyl (C=O) groups is 2. The van der Waals surface area contributed by atoms with Crippen LogP contribution in [-0.2, 0) is 0 Å². The molecular formula is C23H20FN5O2. The second kappa shape index (κ2) is 8.43. The molecule has 7 nitrogen and oxygen atoms in total. The maximum absolute atomic E-state index is 13.3. The van der Waals surface area contributed by atoms with Gasteiger partial charge in [-0.1, -0.05) is 6.92 Å². The van der Waals surface area contributed by atoms with E-state index in [1.54, 1.807) is 47.5 Å². The minimum Gasteiger partial charge on any atom is -0.345 e. The minimum atomic E-state index is -0.340. The van der Waals surface area contributed by atoms with E-state index in [0.29, 0.717) is 34.3 Å². The molecule has 1 amide bonds. The van der Waals surface area contributed by atoms with Crippen LogP contribution in [0.25, 0.3) is 16.6 Å². The van der Waals surface area contributed by atoms with Gasteiger partial charge in [-0.15, -0.1) is 0 Å². The molecule has 0 spiro atoms. The highest BCUT2D eigenvalue weighted by molar-refractivity contribution is 6.06. The zero-order chi connectivity index (χ0) is 22.0. The molecular weight excluding hydrogens is 397 g/mol. The molecule has 0 bridgehead atoms. The van der Waals surface area contributed by atoms with Gasteiger partial charge in [-0.25, -0.2) is 9.07 Å². The summed E-state index contributed by atoms with van der Waals surface area (Å²) in [5, 5.41) is 8.00. The predicted octanol–water partition coefficient (Wildman–Crippen LogP) is 4.04. The van der Waals surface area contributed by atoms with Gasteiger partial charge in [-0.2, -0.15) is 5.10 Å². The lowest BCUT2D eigenvalue weighted by Crippen LogP contribution is -2.28. The van der Waals surface area contributed by atoms with Gasteiger partial charge in [-0.05, 0) is 48.4 Å². The first-order chi connectivity index (χ1) is 15.0. The number of fused-ring (bicyclic) bond motifs is 1. The van der Waals surface area contributed by atoms with Crippen molar-refractivity contribution in [2.45, 2.75) is 26.3 Å². The van der Waals surface area contributed by atoms with Gasteiger partial charge in [0.15, 0.2) is 5.78 Å². The molecule has 1 aromatic carbocycles. The van der Waals surface area contributed by atoms with Crippen LogP contribution in [-0.4, -0.2) is 31.4 Å². The van der Waals surface area contributed by atoms with Crippen LogP contribution in [0.15, 0.2) is 61.2 Å². The molecule has 1 N–H and O–H groups in total. The van der Waals surface area contributed by atoms with Gasteiger partial charge in [0.1, 0.15) is 11.5 Å². The van der Waals surface area contributed by atoms with Gasteiger partial charge in [0.25, 0.3) is 5.91 Å². The molecule has 3 aromatic heterocycles. The van der Waals surface area contributed by atoms with Gasteiger partial charge in [0.05, 0.1) is 35.2 Å². The van der Waals surface area contributed by atoms with Crippen molar-refractivity contribution < 1.29 is 14.0 Å². The van der Waals surface area contributed by atoms with E-state index in [9.17, 15) is 14.0 Å². The number of hydrogen-bond acceptors (Lipinski definition) is 5. The number of ketones is 1. The number of amides is 1. The lowest BCUT2D eigenvalue weighted by atomic mass is 10.0. The number of rotatable bonds is 6. The Bertz CT molecular complexity index is 1270. The molecule has 0 radical (unpaired) electrons. The third-order valence-corrected chi connectivity index (χ3v) is 5.07. The van der Waals surface area contributed by atoms with E-state index < -0.39 is 0 Å². The fourth-order valence-corrected chi connectivity index (χ4v) is 3.42. The van der Waals surface area contributed by atoms with Crippen LogP contribution in [0.1, 0.15) is 52.7 Å². The summed E-state index contributed by atoms with van der Waals surface area (Å²) in [7, 11) is 0. The first-order valence-corrected chi connectivity index (χ1v) is 9.83. The third kappa shape index (κ3) is 4.05. The SMILES string of the molecule is CCC(NC(=O)c1cncc2c1cnn2-c1ccc(F)cc1)c1ccnc(C(C)=O)c1. The standard InChI is InChI=1S/C23H20FN5O2/c1-3-20(15-8-9-26-21(10-15)14(2)30)28-23(31)19-11-25-13-22-18(19)12-27-29(22)17-6-4-16(24)5-7-17/h4-13,20H,3H2,1-2H3,(H,28,31). The Labute approximate surface area is 178 Å². The summed E-state index contributed by atoms with van der Waals surface area (Å²) >= 11 is 0. The van der Waals surface area contributed by atoms with Crippen molar-refractivity contribution >= 4 is 22.6 Å². The summed E-state index contributed by atoms with van der Waals surface area (Å²) in [6.45, 7) is 3.40. The predicted molar refractivity (Wildman–Crippen MR) is 114 cm³/mol. The van der Waals surface area contributed by atoms with Crippen LogP contribution in [0, 0.1) is 5.82 Å². The average molecular weight is 417 g/mol. The van der Waals surface area contributed by atoms with Crippen molar-refractivity contribution in [1.29, 1.82) is 0 Å². The summed E-state index contributed by atoms with van der Waals surface area (Å²) in [6.07, 6.45) is 6.90. The number of carbonyl (C=O) groups excluding carboxylic acids is 2. The number of hydrogen-bond donors (Lipinski definition) is 1. The Morgan fingerprint density at radius 1 is 1.13 bits per heavy atom. The molecule has 4 rings (SSSR count). The number of nitrogens with one attached hydrogen (secondary N) is 1. The maximum Gasteiger partial charge on any atom is 0.254 e. The van der Waals surface area contributed by atoms with E-state index in [1.165, 1.54) is 25.3 Å². The first kappa shape index (κ1) is 20.3. The lowest BCUT2D eigenvalue weighted by molar-refractivity contribution is 0.0936. The monoisotopic (exact) mass is 417 g/mol. The smallest absolute Gasteiger partial charge is 0.254 e. The maximum atomic E-state index is 13.3. The van der Waals surface area contributed by atoms with Gasteiger partial charge >= 0.3 is 0 Å². The van der Waals surface area contributed by atoms with E-state index in [4.69, 9.17) is 0 Å². The van der Waals surface area contributed by atoms with Crippen LogP contribution in [0.3, 0.4) is 0 Å². The van der Waals surface area contributed by atoms with Crippen molar-refractivity contribution in [3.63, 3.8) is 0 Å². The molecule has 0 aliphatic rings. The van der Waals surface area contributed by atoms with E-state index in [0.717, 1.165) is 5.56 Å². The number of benzene rings is 1. The van der Waals surface area contributed by atoms with Crippen LogP contribution in [0.4, 0.5) is 4.39 Å². The van der Waals surface area contributed by atoms with Crippen molar-refractivity contribution in [3.8, 4) is 5.69 Å².